The van der Waals surface area contributed by atoms with Crippen LogP contribution in [0.2, 0.25) is 0 Å². The number of nitriles is 1. The van der Waals surface area contributed by atoms with Gasteiger partial charge >= 0.3 is 0 Å². The maximum absolute atomic E-state index is 8.71. The van der Waals surface area contributed by atoms with E-state index < -0.39 is 0 Å². The second-order valence-electron chi connectivity index (χ2n) is 3.53. The predicted molar refractivity (Wildman–Crippen MR) is 67.9 cm³/mol. The Balaban J connectivity index is 2.18. The van der Waals surface area contributed by atoms with Crippen LogP contribution in [0.5, 0.6) is 5.75 Å². The first-order valence-electron chi connectivity index (χ1n) is 5.40. The molecule has 0 saturated heterocycles. The van der Waals surface area contributed by atoms with Gasteiger partial charge in [0.1, 0.15) is 6.61 Å². The van der Waals surface area contributed by atoms with Crippen LogP contribution >= 0.6 is 0 Å². The summed E-state index contributed by atoms with van der Waals surface area (Å²) < 4.78 is 5.30. The molecule has 1 aromatic carbocycles. The largest absolute Gasteiger partial charge is 0.486 e. The molecule has 0 aliphatic rings. The fraction of sp³-hybridized carbons (Fsp3) is 0.0714. The molecule has 0 saturated carbocycles. The van der Waals surface area contributed by atoms with Gasteiger partial charge in [0.25, 0.3) is 0 Å². The molecule has 0 amide bonds. The summed E-state index contributed by atoms with van der Waals surface area (Å²) in [5.74, 6) is 1.21. The lowest BCUT2D eigenvalue weighted by Gasteiger charge is -2.03. The lowest BCUT2D eigenvalue weighted by Crippen LogP contribution is -1.95. The van der Waals surface area contributed by atoms with Gasteiger partial charge in [-0.3, -0.25) is 0 Å². The standard InChI is InChI=1S/C14H11N3O/c1-2-7-18-13-9-16-14(17-10-13)12-5-3-11(8-15)4-6-12/h2-6,9-10H,1,7H2. The fourth-order valence-electron chi connectivity index (χ4n) is 1.39. The predicted octanol–water partition coefficient (Wildman–Crippen LogP) is 2.58. The van der Waals surface area contributed by atoms with E-state index in [9.17, 15) is 0 Å². The van der Waals surface area contributed by atoms with Crippen molar-refractivity contribution in [3.63, 3.8) is 0 Å². The lowest BCUT2D eigenvalue weighted by molar-refractivity contribution is 0.360. The monoisotopic (exact) mass is 237 g/mol. The second-order valence-corrected chi connectivity index (χ2v) is 3.53. The van der Waals surface area contributed by atoms with E-state index in [1.807, 2.05) is 12.1 Å². The summed E-state index contributed by atoms with van der Waals surface area (Å²) in [6.45, 7) is 4.00. The highest BCUT2D eigenvalue weighted by Crippen LogP contribution is 2.17. The van der Waals surface area contributed by atoms with Crippen molar-refractivity contribution in [2.75, 3.05) is 6.61 Å². The van der Waals surface area contributed by atoms with E-state index >= 15 is 0 Å². The van der Waals surface area contributed by atoms with Crippen LogP contribution in [0.3, 0.4) is 0 Å². The lowest BCUT2D eigenvalue weighted by atomic mass is 10.1. The number of hydrogen-bond donors (Lipinski definition) is 0. The van der Waals surface area contributed by atoms with Crippen LogP contribution in [0.25, 0.3) is 11.4 Å². The molecule has 0 atom stereocenters. The summed E-state index contributed by atoms with van der Waals surface area (Å²) in [5, 5.41) is 8.71. The Labute approximate surface area is 105 Å². The highest BCUT2D eigenvalue weighted by molar-refractivity contribution is 5.56. The average molecular weight is 237 g/mol. The van der Waals surface area contributed by atoms with Gasteiger partial charge in [-0.15, -0.1) is 0 Å². The molecule has 88 valence electrons. The van der Waals surface area contributed by atoms with Crippen molar-refractivity contribution >= 4 is 0 Å². The molecule has 18 heavy (non-hydrogen) atoms. The number of hydrogen-bond acceptors (Lipinski definition) is 4. The Bertz CT molecular complexity index is 567. The Morgan fingerprint density at radius 3 is 2.44 bits per heavy atom. The van der Waals surface area contributed by atoms with Crippen molar-refractivity contribution in [1.82, 2.24) is 9.97 Å². The van der Waals surface area contributed by atoms with Crippen molar-refractivity contribution in [1.29, 1.82) is 5.26 Å². The van der Waals surface area contributed by atoms with E-state index in [0.717, 1.165) is 5.56 Å². The zero-order valence-corrected chi connectivity index (χ0v) is 9.71. The molecular formula is C14H11N3O. The summed E-state index contributed by atoms with van der Waals surface area (Å²) in [5.41, 5.74) is 1.48. The van der Waals surface area contributed by atoms with E-state index in [4.69, 9.17) is 10.00 Å². The van der Waals surface area contributed by atoms with Crippen molar-refractivity contribution in [3.8, 4) is 23.2 Å². The van der Waals surface area contributed by atoms with Crippen molar-refractivity contribution in [2.45, 2.75) is 0 Å². The van der Waals surface area contributed by atoms with Gasteiger partial charge in [0.05, 0.1) is 24.0 Å². The van der Waals surface area contributed by atoms with Gasteiger partial charge in [-0.1, -0.05) is 12.7 Å². The summed E-state index contributed by atoms with van der Waals surface area (Å²) in [6, 6.07) is 9.18. The third-order valence-electron chi connectivity index (χ3n) is 2.27. The van der Waals surface area contributed by atoms with Crippen LogP contribution in [0.15, 0.2) is 49.3 Å². The Kier molecular flexibility index (Phi) is 3.67. The van der Waals surface area contributed by atoms with Gasteiger partial charge in [-0.2, -0.15) is 5.26 Å². The molecular weight excluding hydrogens is 226 g/mol. The molecule has 2 rings (SSSR count). The zero-order chi connectivity index (χ0) is 12.8. The van der Waals surface area contributed by atoms with Gasteiger partial charge in [0.15, 0.2) is 11.6 Å². The minimum Gasteiger partial charge on any atom is -0.486 e. The van der Waals surface area contributed by atoms with Gasteiger partial charge in [-0.05, 0) is 24.3 Å². The summed E-state index contributed by atoms with van der Waals surface area (Å²) in [6.07, 6.45) is 4.89. The van der Waals surface area contributed by atoms with E-state index in [2.05, 4.69) is 22.6 Å². The highest BCUT2D eigenvalue weighted by Gasteiger charge is 2.01. The smallest absolute Gasteiger partial charge is 0.159 e. The molecule has 1 heterocycles. The third-order valence-corrected chi connectivity index (χ3v) is 2.27. The van der Waals surface area contributed by atoms with Crippen LogP contribution in [0.1, 0.15) is 5.56 Å². The number of aromatic nitrogens is 2. The minimum absolute atomic E-state index is 0.430. The molecule has 4 nitrogen and oxygen atoms in total. The maximum atomic E-state index is 8.71. The molecule has 4 heteroatoms. The van der Waals surface area contributed by atoms with Gasteiger partial charge in [-0.25, -0.2) is 9.97 Å². The Hall–Kier alpha value is -2.67. The normalized spacial score (nSPS) is 9.50. The van der Waals surface area contributed by atoms with Gasteiger partial charge in [0.2, 0.25) is 0 Å². The highest BCUT2D eigenvalue weighted by atomic mass is 16.5. The first-order valence-corrected chi connectivity index (χ1v) is 5.40. The maximum Gasteiger partial charge on any atom is 0.159 e. The average Bonchev–Trinajstić information content (AvgIpc) is 2.46. The van der Waals surface area contributed by atoms with Crippen molar-refractivity contribution in [2.24, 2.45) is 0 Å². The Morgan fingerprint density at radius 2 is 1.89 bits per heavy atom. The minimum atomic E-state index is 0.430. The fourth-order valence-corrected chi connectivity index (χ4v) is 1.39. The molecule has 0 N–H and O–H groups in total. The Morgan fingerprint density at radius 1 is 1.22 bits per heavy atom. The third kappa shape index (κ3) is 2.71. The summed E-state index contributed by atoms with van der Waals surface area (Å²) in [4.78, 5) is 8.41. The molecule has 0 spiro atoms. The van der Waals surface area contributed by atoms with Crippen molar-refractivity contribution in [3.05, 3.63) is 54.9 Å². The number of benzene rings is 1. The quantitative estimate of drug-likeness (QED) is 0.767. The van der Waals surface area contributed by atoms with Gasteiger partial charge < -0.3 is 4.74 Å². The second kappa shape index (κ2) is 5.60. The van der Waals surface area contributed by atoms with Crippen molar-refractivity contribution < 1.29 is 4.74 Å². The topological polar surface area (TPSA) is 58.8 Å². The summed E-state index contributed by atoms with van der Waals surface area (Å²) in [7, 11) is 0. The molecule has 0 fully saturated rings. The van der Waals surface area contributed by atoms with Crippen LogP contribution in [-0.4, -0.2) is 16.6 Å². The molecule has 0 bridgehead atoms. The molecule has 0 aliphatic carbocycles. The van der Waals surface area contributed by atoms with Crippen LogP contribution in [-0.2, 0) is 0 Å². The van der Waals surface area contributed by atoms with Crippen LogP contribution < -0.4 is 4.74 Å². The molecule has 0 aliphatic heterocycles. The van der Waals surface area contributed by atoms with Crippen LogP contribution in [0.4, 0.5) is 0 Å². The first-order chi connectivity index (χ1) is 8.83. The van der Waals surface area contributed by atoms with E-state index in [-0.39, 0.29) is 0 Å². The zero-order valence-electron chi connectivity index (χ0n) is 9.71. The first kappa shape index (κ1) is 11.8. The number of ether oxygens (including phenoxy) is 1. The van der Waals surface area contributed by atoms with E-state index in [0.29, 0.717) is 23.7 Å². The molecule has 0 unspecified atom stereocenters. The SMILES string of the molecule is C=CCOc1cnc(-c2ccc(C#N)cc2)nc1. The van der Waals surface area contributed by atoms with Crippen LogP contribution in [0, 0.1) is 11.3 Å². The summed E-state index contributed by atoms with van der Waals surface area (Å²) >= 11 is 0. The number of rotatable bonds is 4. The van der Waals surface area contributed by atoms with E-state index in [1.54, 1.807) is 30.6 Å². The number of nitrogens with zero attached hydrogens (tertiary/aromatic N) is 3. The molecule has 1 aromatic heterocycles. The van der Waals surface area contributed by atoms with Gasteiger partial charge in [0, 0.05) is 5.56 Å². The molecule has 2 aromatic rings. The molecule has 0 radical (unpaired) electrons. The van der Waals surface area contributed by atoms with E-state index in [1.165, 1.54) is 0 Å².